The van der Waals surface area contributed by atoms with Crippen LogP contribution in [0.3, 0.4) is 0 Å². The number of hydrogen-bond acceptors (Lipinski definition) is 10. The van der Waals surface area contributed by atoms with Crippen LogP contribution in [0, 0.1) is 5.41 Å². The number of amides is 1. The van der Waals surface area contributed by atoms with Crippen LogP contribution in [0.25, 0.3) is 0 Å². The van der Waals surface area contributed by atoms with Crippen molar-refractivity contribution in [3.8, 4) is 0 Å². The summed E-state index contributed by atoms with van der Waals surface area (Å²) in [5.74, 6) is -1.53. The Morgan fingerprint density at radius 3 is 2.29 bits per heavy atom. The fourth-order valence-corrected chi connectivity index (χ4v) is 2.84. The van der Waals surface area contributed by atoms with Crippen molar-refractivity contribution in [2.75, 3.05) is 39.2 Å². The van der Waals surface area contributed by atoms with Gasteiger partial charge in [-0.25, -0.2) is 9.59 Å². The highest BCUT2D eigenvalue weighted by Gasteiger charge is 2.36. The highest BCUT2D eigenvalue weighted by molar-refractivity contribution is 7.86. The maximum atomic E-state index is 11.9. The first kappa shape index (κ1) is 26.1. The van der Waals surface area contributed by atoms with Gasteiger partial charge in [-0.1, -0.05) is 13.8 Å². The van der Waals surface area contributed by atoms with Gasteiger partial charge in [-0.05, 0) is 6.42 Å². The van der Waals surface area contributed by atoms with Crippen LogP contribution in [0.15, 0.2) is 0 Å². The van der Waals surface area contributed by atoms with Gasteiger partial charge in [0.2, 0.25) is 5.91 Å². The number of esters is 1. The van der Waals surface area contributed by atoms with Crippen molar-refractivity contribution >= 4 is 28.1 Å². The summed E-state index contributed by atoms with van der Waals surface area (Å²) in [5, 5.41) is 12.6. The van der Waals surface area contributed by atoms with E-state index >= 15 is 0 Å². The summed E-state index contributed by atoms with van der Waals surface area (Å²) in [6, 6.07) is 0. The number of rotatable bonds is 13. The van der Waals surface area contributed by atoms with E-state index in [4.69, 9.17) is 8.92 Å². The molecule has 0 spiro atoms. The minimum absolute atomic E-state index is 0.0285. The normalized spacial score (nSPS) is 12.8. The first-order chi connectivity index (χ1) is 12.9. The van der Waals surface area contributed by atoms with Gasteiger partial charge in [-0.3, -0.25) is 8.98 Å². The minimum atomic E-state index is -3.88. The zero-order chi connectivity index (χ0) is 21.8. The minimum Gasteiger partial charge on any atom is -0.464 e. The van der Waals surface area contributed by atoms with E-state index in [9.17, 15) is 27.9 Å². The van der Waals surface area contributed by atoms with E-state index in [1.165, 1.54) is 20.8 Å². The van der Waals surface area contributed by atoms with Gasteiger partial charge in [0.1, 0.15) is 0 Å². The summed E-state index contributed by atoms with van der Waals surface area (Å²) >= 11 is 0. The third kappa shape index (κ3) is 11.7. The molecule has 2 N–H and O–H groups in total. The Morgan fingerprint density at radius 1 is 1.11 bits per heavy atom. The molecule has 0 saturated heterocycles. The molecule has 0 heterocycles. The lowest BCUT2D eigenvalue weighted by Crippen LogP contribution is -2.41. The van der Waals surface area contributed by atoms with E-state index in [0.717, 1.165) is 7.11 Å². The number of carbonyl (C=O) groups is 3. The fourth-order valence-electron chi connectivity index (χ4n) is 1.74. The molecule has 0 radical (unpaired) electrons. The molecule has 0 aliphatic carbocycles. The van der Waals surface area contributed by atoms with Gasteiger partial charge >= 0.3 is 12.1 Å². The third-order valence-corrected chi connectivity index (χ3v) is 4.70. The Balaban J connectivity index is 4.30. The molecular weight excluding hydrogens is 398 g/mol. The second kappa shape index (κ2) is 12.5. The molecule has 0 fully saturated rings. The summed E-state index contributed by atoms with van der Waals surface area (Å²) < 4.78 is 42.3. The molecule has 0 unspecified atom stereocenters. The molecule has 0 rings (SSSR count). The number of ether oxygens (including phenoxy) is 3. The zero-order valence-corrected chi connectivity index (χ0v) is 17.4. The number of hydrogen-bond donors (Lipinski definition) is 2. The van der Waals surface area contributed by atoms with Crippen LogP contribution < -0.4 is 5.32 Å². The average molecular weight is 427 g/mol. The Bertz CT molecular complexity index is 617. The van der Waals surface area contributed by atoms with Crippen molar-refractivity contribution in [2.45, 2.75) is 39.7 Å². The lowest BCUT2D eigenvalue weighted by molar-refractivity contribution is -0.161. The van der Waals surface area contributed by atoms with E-state index in [1.807, 2.05) is 0 Å². The fraction of sp³-hybridized carbons (Fsp3) is 0.812. The van der Waals surface area contributed by atoms with Gasteiger partial charge in [0.25, 0.3) is 10.1 Å². The Hall–Kier alpha value is -1.92. The van der Waals surface area contributed by atoms with Crippen LogP contribution in [0.4, 0.5) is 4.79 Å². The predicted molar refractivity (Wildman–Crippen MR) is 96.8 cm³/mol. The van der Waals surface area contributed by atoms with Crippen molar-refractivity contribution in [2.24, 2.45) is 5.41 Å². The maximum absolute atomic E-state index is 11.9. The van der Waals surface area contributed by atoms with Gasteiger partial charge in [0.15, 0.2) is 6.10 Å². The number of carbonyl (C=O) groups excluding carboxylic acids is 3. The molecule has 1 amide bonds. The lowest BCUT2D eigenvalue weighted by Gasteiger charge is -2.28. The number of aliphatic hydroxyl groups is 1. The largest absolute Gasteiger partial charge is 0.507 e. The summed E-state index contributed by atoms with van der Waals surface area (Å²) in [7, 11) is -2.72. The van der Waals surface area contributed by atoms with E-state index < -0.39 is 40.4 Å². The smallest absolute Gasteiger partial charge is 0.464 e. The molecule has 0 bridgehead atoms. The quantitative estimate of drug-likeness (QED) is 0.232. The molecular formula is C16H29NO10S. The second-order valence-electron chi connectivity index (χ2n) is 6.58. The molecule has 0 aromatic carbocycles. The molecule has 0 aromatic heterocycles. The van der Waals surface area contributed by atoms with Crippen LogP contribution in [0.5, 0.6) is 0 Å². The molecule has 0 aliphatic rings. The van der Waals surface area contributed by atoms with Gasteiger partial charge < -0.3 is 24.6 Å². The van der Waals surface area contributed by atoms with Crippen molar-refractivity contribution in [1.82, 2.24) is 5.32 Å². The first-order valence-corrected chi connectivity index (χ1v) is 10.2. The number of aliphatic hydroxyl groups excluding tert-OH is 1. The molecule has 164 valence electrons. The van der Waals surface area contributed by atoms with Crippen LogP contribution in [-0.4, -0.2) is 76.9 Å². The Morgan fingerprint density at radius 2 is 1.71 bits per heavy atom. The van der Waals surface area contributed by atoms with Gasteiger partial charge in [0.05, 0.1) is 32.7 Å². The van der Waals surface area contributed by atoms with Crippen LogP contribution >= 0.6 is 0 Å². The van der Waals surface area contributed by atoms with Crippen molar-refractivity contribution < 1.29 is 46.3 Å². The summed E-state index contributed by atoms with van der Waals surface area (Å²) in [6.07, 6.45) is -2.11. The molecule has 0 aliphatic heterocycles. The van der Waals surface area contributed by atoms with E-state index in [1.54, 1.807) is 0 Å². The monoisotopic (exact) mass is 427 g/mol. The van der Waals surface area contributed by atoms with Gasteiger partial charge in [0, 0.05) is 25.3 Å². The SMILES string of the molecule is COC(=O)OCCCOC(=O)[C@H](O)C(C)(C)COS(=O)(=O)CCCNC(C)=O. The standard InChI is InChI=1S/C16H29NO10S/c1-12(18)17-7-5-10-28(22,23)27-11-16(2,3)13(19)14(20)25-8-6-9-26-15(21)24-4/h13,19H,5-11H2,1-4H3,(H,17,18)/t13-/m0/s1. The summed E-state index contributed by atoms with van der Waals surface area (Å²) in [6.45, 7) is 3.84. The van der Waals surface area contributed by atoms with E-state index in [2.05, 4.69) is 14.8 Å². The molecule has 0 saturated carbocycles. The van der Waals surface area contributed by atoms with Crippen molar-refractivity contribution in [3.63, 3.8) is 0 Å². The highest BCUT2D eigenvalue weighted by Crippen LogP contribution is 2.23. The van der Waals surface area contributed by atoms with Gasteiger partial charge in [-0.15, -0.1) is 0 Å². The predicted octanol–water partition coefficient (Wildman–Crippen LogP) is -0.0376. The Labute approximate surface area is 164 Å². The highest BCUT2D eigenvalue weighted by atomic mass is 32.2. The number of nitrogens with one attached hydrogen (secondary N) is 1. The molecule has 0 aromatic rings. The first-order valence-electron chi connectivity index (χ1n) is 8.58. The van der Waals surface area contributed by atoms with Crippen molar-refractivity contribution in [1.29, 1.82) is 0 Å². The lowest BCUT2D eigenvalue weighted by atomic mass is 9.88. The van der Waals surface area contributed by atoms with Crippen LogP contribution in [-0.2, 0) is 38.1 Å². The van der Waals surface area contributed by atoms with E-state index in [0.29, 0.717) is 0 Å². The van der Waals surface area contributed by atoms with Crippen LogP contribution in [0.1, 0.15) is 33.6 Å². The third-order valence-electron chi connectivity index (χ3n) is 3.44. The van der Waals surface area contributed by atoms with Crippen LogP contribution in [0.2, 0.25) is 0 Å². The molecule has 11 nitrogen and oxygen atoms in total. The topological polar surface area (TPSA) is 155 Å². The summed E-state index contributed by atoms with van der Waals surface area (Å²) in [5.41, 5.74) is -1.23. The average Bonchev–Trinajstić information content (AvgIpc) is 2.62. The zero-order valence-electron chi connectivity index (χ0n) is 16.6. The van der Waals surface area contributed by atoms with E-state index in [-0.39, 0.29) is 44.3 Å². The molecule has 28 heavy (non-hydrogen) atoms. The summed E-state index contributed by atoms with van der Waals surface area (Å²) in [4.78, 5) is 33.4. The number of methoxy groups -OCH3 is 1. The Kier molecular flexibility index (Phi) is 11.7. The second-order valence-corrected chi connectivity index (χ2v) is 8.33. The maximum Gasteiger partial charge on any atom is 0.507 e. The van der Waals surface area contributed by atoms with Crippen molar-refractivity contribution in [3.05, 3.63) is 0 Å². The molecule has 1 atom stereocenters. The van der Waals surface area contributed by atoms with Gasteiger partial charge in [-0.2, -0.15) is 8.42 Å². The molecule has 12 heteroatoms.